The molecule has 1 aromatic rings. The average Bonchev–Trinajstić information content (AvgIpc) is 2.17. The molecule has 0 radical (unpaired) electrons. The lowest BCUT2D eigenvalue weighted by atomic mass is 9.92. The van der Waals surface area contributed by atoms with E-state index in [1.54, 1.807) is 13.8 Å². The Morgan fingerprint density at radius 3 is 2.06 bits per heavy atom. The molecule has 0 heterocycles. The van der Waals surface area contributed by atoms with Crippen LogP contribution < -0.4 is 0 Å². The molecule has 86 valence electrons. The van der Waals surface area contributed by atoms with Gasteiger partial charge in [-0.05, 0) is 31.0 Å². The lowest BCUT2D eigenvalue weighted by Gasteiger charge is -2.35. The zero-order chi connectivity index (χ0) is 12.3. The molecule has 0 unspecified atom stereocenters. The number of benzene rings is 1. The van der Waals surface area contributed by atoms with E-state index in [2.05, 4.69) is 0 Å². The maximum atomic E-state index is 11.4. The molecular formula is C12H14ClNO2. The first kappa shape index (κ1) is 12.7. The van der Waals surface area contributed by atoms with E-state index in [9.17, 15) is 9.59 Å². The summed E-state index contributed by atoms with van der Waals surface area (Å²) in [5, 5.41) is -0.763. The van der Waals surface area contributed by atoms with Gasteiger partial charge in [0.2, 0.25) is 5.91 Å². The van der Waals surface area contributed by atoms with Gasteiger partial charge in [0.25, 0.3) is 0 Å². The van der Waals surface area contributed by atoms with E-state index >= 15 is 0 Å². The van der Waals surface area contributed by atoms with Crippen molar-refractivity contribution in [2.75, 3.05) is 0 Å². The lowest BCUT2D eigenvalue weighted by Crippen LogP contribution is -2.46. The maximum absolute atomic E-state index is 11.4. The van der Waals surface area contributed by atoms with Crippen LogP contribution in [0.1, 0.15) is 26.3 Å². The summed E-state index contributed by atoms with van der Waals surface area (Å²) in [6.07, 6.45) is 0. The molecule has 0 spiro atoms. The van der Waals surface area contributed by atoms with Gasteiger partial charge in [0.1, 0.15) is 0 Å². The summed E-state index contributed by atoms with van der Waals surface area (Å²) in [5.41, 5.74) is 0.116. The summed E-state index contributed by atoms with van der Waals surface area (Å²) in [7, 11) is 0. The van der Waals surface area contributed by atoms with Crippen LogP contribution in [0.3, 0.4) is 0 Å². The number of hydrogen-bond donors (Lipinski definition) is 0. The van der Waals surface area contributed by atoms with E-state index in [1.807, 2.05) is 30.3 Å². The second-order valence-electron chi connectivity index (χ2n) is 4.03. The van der Waals surface area contributed by atoms with E-state index in [1.165, 1.54) is 6.92 Å². The first-order valence-electron chi connectivity index (χ1n) is 4.93. The van der Waals surface area contributed by atoms with Crippen molar-refractivity contribution in [1.82, 2.24) is 4.90 Å². The van der Waals surface area contributed by atoms with Gasteiger partial charge in [-0.2, -0.15) is 0 Å². The van der Waals surface area contributed by atoms with Gasteiger partial charge >= 0.3 is 5.37 Å². The standard InChI is InChI=1S/C12H14ClNO2/c1-9(15)14(11(13)16)12(2,3)10-7-5-4-6-8-10/h4-8H,1-3H3. The Morgan fingerprint density at radius 1 is 1.19 bits per heavy atom. The zero-order valence-corrected chi connectivity index (χ0v) is 10.3. The van der Waals surface area contributed by atoms with Gasteiger partial charge in [-0.3, -0.25) is 14.5 Å². The van der Waals surface area contributed by atoms with Gasteiger partial charge in [-0.15, -0.1) is 0 Å². The van der Waals surface area contributed by atoms with Gasteiger partial charge in [-0.25, -0.2) is 0 Å². The van der Waals surface area contributed by atoms with Gasteiger partial charge in [0.05, 0.1) is 5.54 Å². The zero-order valence-electron chi connectivity index (χ0n) is 9.53. The third kappa shape index (κ3) is 2.42. The molecule has 2 amide bonds. The minimum absolute atomic E-state index is 0.367. The minimum Gasteiger partial charge on any atom is -0.275 e. The Balaban J connectivity index is 3.18. The molecule has 0 aliphatic rings. The predicted octanol–water partition coefficient (Wildman–Crippen LogP) is 3.13. The third-order valence-electron chi connectivity index (χ3n) is 2.53. The van der Waals surface area contributed by atoms with Crippen LogP contribution in [0.2, 0.25) is 0 Å². The van der Waals surface area contributed by atoms with Gasteiger partial charge < -0.3 is 0 Å². The fourth-order valence-corrected chi connectivity index (χ4v) is 2.04. The van der Waals surface area contributed by atoms with E-state index in [0.29, 0.717) is 0 Å². The topological polar surface area (TPSA) is 37.4 Å². The van der Waals surface area contributed by atoms with Crippen LogP contribution in [0.15, 0.2) is 30.3 Å². The van der Waals surface area contributed by atoms with Crippen molar-refractivity contribution < 1.29 is 9.59 Å². The largest absolute Gasteiger partial charge is 0.323 e. The summed E-state index contributed by atoms with van der Waals surface area (Å²) in [4.78, 5) is 23.7. The van der Waals surface area contributed by atoms with Crippen LogP contribution in [0, 0.1) is 0 Å². The lowest BCUT2D eigenvalue weighted by molar-refractivity contribution is -0.129. The summed E-state index contributed by atoms with van der Waals surface area (Å²) < 4.78 is 0. The molecule has 16 heavy (non-hydrogen) atoms. The molecule has 0 N–H and O–H groups in total. The first-order valence-corrected chi connectivity index (χ1v) is 5.31. The van der Waals surface area contributed by atoms with E-state index in [0.717, 1.165) is 10.5 Å². The Hall–Kier alpha value is -1.35. The van der Waals surface area contributed by atoms with E-state index in [-0.39, 0.29) is 5.91 Å². The van der Waals surface area contributed by atoms with Crippen LogP contribution in [0.5, 0.6) is 0 Å². The molecule has 0 aliphatic carbocycles. The quantitative estimate of drug-likeness (QED) is 0.587. The minimum atomic E-state index is -0.763. The summed E-state index contributed by atoms with van der Waals surface area (Å²) >= 11 is 5.44. The second-order valence-corrected chi connectivity index (χ2v) is 4.36. The van der Waals surface area contributed by atoms with Crippen molar-refractivity contribution in [3.8, 4) is 0 Å². The average molecular weight is 240 g/mol. The third-order valence-corrected chi connectivity index (χ3v) is 2.70. The molecule has 0 atom stereocenters. The number of amides is 2. The van der Waals surface area contributed by atoms with Gasteiger partial charge in [0, 0.05) is 6.92 Å². The number of halogens is 1. The number of nitrogens with zero attached hydrogens (tertiary/aromatic N) is 1. The van der Waals surface area contributed by atoms with Crippen LogP contribution in [-0.4, -0.2) is 16.2 Å². The molecule has 0 bridgehead atoms. The number of imide groups is 1. The highest BCUT2D eigenvalue weighted by Crippen LogP contribution is 2.28. The van der Waals surface area contributed by atoms with Crippen molar-refractivity contribution >= 4 is 22.9 Å². The number of carbonyl (C=O) groups excluding carboxylic acids is 2. The highest BCUT2D eigenvalue weighted by molar-refractivity contribution is 6.64. The van der Waals surface area contributed by atoms with E-state index < -0.39 is 10.9 Å². The van der Waals surface area contributed by atoms with Crippen LogP contribution in [0.25, 0.3) is 0 Å². The number of carbonyl (C=O) groups is 2. The fraction of sp³-hybridized carbons (Fsp3) is 0.333. The molecule has 0 aliphatic heterocycles. The smallest absolute Gasteiger partial charge is 0.275 e. The Bertz CT molecular complexity index is 387. The Kier molecular flexibility index (Phi) is 3.70. The molecule has 0 fully saturated rings. The van der Waals surface area contributed by atoms with Crippen molar-refractivity contribution in [2.24, 2.45) is 0 Å². The number of hydrogen-bond acceptors (Lipinski definition) is 2. The Morgan fingerprint density at radius 2 is 1.69 bits per heavy atom. The summed E-state index contributed by atoms with van der Waals surface area (Å²) in [6.45, 7) is 4.89. The van der Waals surface area contributed by atoms with Crippen LogP contribution >= 0.6 is 11.6 Å². The Labute approximate surface area is 100 Å². The summed E-state index contributed by atoms with van der Waals surface area (Å²) in [6, 6.07) is 9.30. The summed E-state index contributed by atoms with van der Waals surface area (Å²) in [5.74, 6) is -0.367. The number of rotatable bonds is 2. The molecule has 1 rings (SSSR count). The fourth-order valence-electron chi connectivity index (χ4n) is 1.71. The molecular weight excluding hydrogens is 226 g/mol. The molecule has 3 nitrogen and oxygen atoms in total. The molecule has 4 heteroatoms. The normalized spacial score (nSPS) is 11.0. The molecule has 0 saturated heterocycles. The molecule has 0 saturated carbocycles. The predicted molar refractivity (Wildman–Crippen MR) is 63.2 cm³/mol. The van der Waals surface area contributed by atoms with Gasteiger partial charge in [-0.1, -0.05) is 30.3 Å². The monoisotopic (exact) mass is 239 g/mol. The SMILES string of the molecule is CC(=O)N(C(=O)Cl)C(C)(C)c1ccccc1. The van der Waals surface area contributed by atoms with Crippen molar-refractivity contribution in [1.29, 1.82) is 0 Å². The maximum Gasteiger partial charge on any atom is 0.323 e. The van der Waals surface area contributed by atoms with Crippen molar-refractivity contribution in [3.05, 3.63) is 35.9 Å². The highest BCUT2D eigenvalue weighted by atomic mass is 35.5. The molecule has 1 aromatic carbocycles. The van der Waals surface area contributed by atoms with E-state index in [4.69, 9.17) is 11.6 Å². The second kappa shape index (κ2) is 4.66. The van der Waals surface area contributed by atoms with Crippen LogP contribution in [0.4, 0.5) is 4.79 Å². The van der Waals surface area contributed by atoms with Gasteiger partial charge in [0.15, 0.2) is 0 Å². The molecule has 0 aromatic heterocycles. The first-order chi connectivity index (χ1) is 7.37. The highest BCUT2D eigenvalue weighted by Gasteiger charge is 2.34. The van der Waals surface area contributed by atoms with Crippen LogP contribution in [-0.2, 0) is 10.3 Å². The van der Waals surface area contributed by atoms with Crippen molar-refractivity contribution in [2.45, 2.75) is 26.3 Å². The van der Waals surface area contributed by atoms with Crippen molar-refractivity contribution in [3.63, 3.8) is 0 Å².